The van der Waals surface area contributed by atoms with E-state index in [0.717, 1.165) is 30.8 Å². The number of nitrogens with zero attached hydrogens (tertiary/aromatic N) is 4. The van der Waals surface area contributed by atoms with Gasteiger partial charge in [0.25, 0.3) is 0 Å². The Balaban J connectivity index is 0.000000426. The summed E-state index contributed by atoms with van der Waals surface area (Å²) in [5, 5.41) is 14.2. The van der Waals surface area contributed by atoms with Crippen LogP contribution in [-0.2, 0) is 25.7 Å². The molecule has 2 amide bonds. The number of rotatable bonds is 4. The molecule has 2 aliphatic rings. The number of pyridine rings is 1. The highest BCUT2D eigenvalue weighted by atomic mass is 19.4. The molecule has 3 heterocycles. The molecule has 2 fully saturated rings. The van der Waals surface area contributed by atoms with Crippen molar-refractivity contribution in [3.8, 4) is 0 Å². The van der Waals surface area contributed by atoms with Crippen LogP contribution in [0.4, 0.5) is 26.3 Å². The van der Waals surface area contributed by atoms with Gasteiger partial charge in [0, 0.05) is 44.8 Å². The monoisotopic (exact) mass is 558 g/mol. The molecule has 2 N–H and O–H groups in total. The minimum Gasteiger partial charge on any atom is -0.475 e. The Morgan fingerprint density at radius 3 is 1.97 bits per heavy atom. The summed E-state index contributed by atoms with van der Waals surface area (Å²) in [7, 11) is 3.58. The average molecular weight is 558 g/mol. The number of likely N-dealkylation sites (tertiary alicyclic amines) is 2. The molecule has 0 bridgehead atoms. The van der Waals surface area contributed by atoms with Crippen molar-refractivity contribution in [1.29, 1.82) is 0 Å². The van der Waals surface area contributed by atoms with Crippen molar-refractivity contribution in [1.82, 2.24) is 19.7 Å². The van der Waals surface area contributed by atoms with Crippen LogP contribution >= 0.6 is 0 Å². The van der Waals surface area contributed by atoms with Gasteiger partial charge in [-0.1, -0.05) is 6.07 Å². The number of carbonyl (C=O) groups is 4. The number of piperidine rings is 1. The van der Waals surface area contributed by atoms with E-state index >= 15 is 0 Å². The number of likely N-dealkylation sites (N-methyl/N-ethyl adjacent to an activating group) is 1. The second kappa shape index (κ2) is 13.4. The van der Waals surface area contributed by atoms with E-state index in [0.29, 0.717) is 19.5 Å². The molecule has 38 heavy (non-hydrogen) atoms. The fourth-order valence-electron chi connectivity index (χ4n) is 3.82. The number of amides is 2. The molecule has 1 aromatic rings. The highest BCUT2D eigenvalue weighted by Gasteiger charge is 2.43. The zero-order valence-corrected chi connectivity index (χ0v) is 20.7. The predicted octanol–water partition coefficient (Wildman–Crippen LogP) is 2.31. The van der Waals surface area contributed by atoms with Gasteiger partial charge in [-0.25, -0.2) is 9.59 Å². The van der Waals surface area contributed by atoms with Crippen LogP contribution in [0.2, 0.25) is 0 Å². The largest absolute Gasteiger partial charge is 0.490 e. The van der Waals surface area contributed by atoms with Gasteiger partial charge in [-0.3, -0.25) is 19.5 Å². The van der Waals surface area contributed by atoms with Gasteiger partial charge in [0.15, 0.2) is 0 Å². The summed E-state index contributed by atoms with van der Waals surface area (Å²) in [5.74, 6) is -5.18. The zero-order valence-electron chi connectivity index (χ0n) is 20.7. The van der Waals surface area contributed by atoms with Crippen molar-refractivity contribution < 1.29 is 55.7 Å². The zero-order chi connectivity index (χ0) is 29.4. The molecule has 0 unspecified atom stereocenters. The average Bonchev–Trinajstić information content (AvgIpc) is 3.18. The Morgan fingerprint density at radius 2 is 1.53 bits per heavy atom. The highest BCUT2D eigenvalue weighted by molar-refractivity contribution is 5.79. The summed E-state index contributed by atoms with van der Waals surface area (Å²) < 4.78 is 63.5. The van der Waals surface area contributed by atoms with Gasteiger partial charge in [0.1, 0.15) is 0 Å². The Morgan fingerprint density at radius 1 is 1.00 bits per heavy atom. The molecule has 10 nitrogen and oxygen atoms in total. The third kappa shape index (κ3) is 10.1. The molecule has 2 aliphatic heterocycles. The maximum atomic E-state index is 12.5. The van der Waals surface area contributed by atoms with Gasteiger partial charge in [-0.05, 0) is 31.9 Å². The summed E-state index contributed by atoms with van der Waals surface area (Å²) in [6, 6.07) is 6.42. The number of aryl methyl sites for hydroxylation is 1. The second-order valence-electron chi connectivity index (χ2n) is 8.62. The van der Waals surface area contributed by atoms with Gasteiger partial charge < -0.3 is 20.0 Å². The first-order valence-electron chi connectivity index (χ1n) is 11.1. The van der Waals surface area contributed by atoms with Crippen LogP contribution in [0.25, 0.3) is 0 Å². The lowest BCUT2D eigenvalue weighted by Gasteiger charge is -2.39. The first-order chi connectivity index (χ1) is 17.3. The first-order valence-corrected chi connectivity index (χ1v) is 11.1. The molecule has 2 saturated heterocycles. The van der Waals surface area contributed by atoms with Gasteiger partial charge in [-0.2, -0.15) is 26.3 Å². The van der Waals surface area contributed by atoms with Crippen LogP contribution in [0.5, 0.6) is 0 Å². The molecule has 0 saturated carbocycles. The SMILES string of the molecule is Cc1cccc(CN2C(=O)CC[C@H]3[C@@H]2CCN3CC(=O)N(C)C)n1.O=C(O)C(F)(F)F.O=C(O)C(F)(F)F. The number of halogens is 6. The minimum atomic E-state index is -5.08. The number of carbonyl (C=O) groups excluding carboxylic acids is 2. The molecule has 16 heteroatoms. The maximum absolute atomic E-state index is 12.5. The Bertz CT molecular complexity index is 977. The summed E-state index contributed by atoms with van der Waals surface area (Å²) in [6.45, 7) is 3.85. The van der Waals surface area contributed by atoms with Crippen molar-refractivity contribution in [3.05, 3.63) is 29.6 Å². The fraction of sp³-hybridized carbons (Fsp3) is 0.591. The molecule has 0 aliphatic carbocycles. The molecular formula is C22H28F6N4O6. The molecule has 214 valence electrons. The van der Waals surface area contributed by atoms with Crippen LogP contribution in [-0.4, -0.2) is 105 Å². The van der Waals surface area contributed by atoms with Crippen LogP contribution in [0.3, 0.4) is 0 Å². The number of aromatic nitrogens is 1. The summed E-state index contributed by atoms with van der Waals surface area (Å²) in [6.07, 6.45) is -7.83. The van der Waals surface area contributed by atoms with Crippen LogP contribution in [0.15, 0.2) is 18.2 Å². The third-order valence-electron chi connectivity index (χ3n) is 5.60. The van der Waals surface area contributed by atoms with Crippen LogP contribution in [0.1, 0.15) is 30.7 Å². The van der Waals surface area contributed by atoms with Crippen molar-refractivity contribution >= 4 is 23.8 Å². The lowest BCUT2D eigenvalue weighted by Crippen LogP contribution is -2.53. The summed E-state index contributed by atoms with van der Waals surface area (Å²) >= 11 is 0. The fourth-order valence-corrected chi connectivity index (χ4v) is 3.82. The number of aliphatic carboxylic acids is 2. The molecular weight excluding hydrogens is 530 g/mol. The highest BCUT2D eigenvalue weighted by Crippen LogP contribution is 2.32. The lowest BCUT2D eigenvalue weighted by atomic mass is 9.96. The van der Waals surface area contributed by atoms with Crippen molar-refractivity contribution in [2.75, 3.05) is 27.2 Å². The number of hydrogen-bond acceptors (Lipinski definition) is 6. The quantitative estimate of drug-likeness (QED) is 0.539. The van der Waals surface area contributed by atoms with Crippen molar-refractivity contribution in [2.45, 2.75) is 57.2 Å². The van der Waals surface area contributed by atoms with Crippen LogP contribution in [0, 0.1) is 6.92 Å². The lowest BCUT2D eigenvalue weighted by molar-refractivity contribution is -0.193. The van der Waals surface area contributed by atoms with E-state index in [2.05, 4.69) is 9.88 Å². The van der Waals surface area contributed by atoms with Crippen molar-refractivity contribution in [2.24, 2.45) is 0 Å². The van der Waals surface area contributed by atoms with Gasteiger partial charge in [0.2, 0.25) is 11.8 Å². The number of hydrogen-bond donors (Lipinski definition) is 2. The smallest absolute Gasteiger partial charge is 0.475 e. The first kappa shape index (κ1) is 32.6. The minimum absolute atomic E-state index is 0.124. The topological polar surface area (TPSA) is 131 Å². The Labute approximate surface area is 213 Å². The third-order valence-corrected chi connectivity index (χ3v) is 5.60. The summed E-state index contributed by atoms with van der Waals surface area (Å²) in [5.41, 5.74) is 1.91. The molecule has 0 radical (unpaired) electrons. The van der Waals surface area contributed by atoms with Gasteiger partial charge >= 0.3 is 24.3 Å². The standard InChI is InChI=1S/C18H26N4O2.2C2HF3O2/c1-13-5-4-6-14(19-13)11-22-16-9-10-21(12-18(24)20(2)3)15(16)7-8-17(22)23;2*3-2(4,5)1(6)7/h4-6,15-16H,7-12H2,1-3H3;2*(H,6,7)/t15-,16-;;/m0../s1. The van der Waals surface area contributed by atoms with E-state index in [1.54, 1.807) is 19.0 Å². The van der Waals surface area contributed by atoms with Crippen molar-refractivity contribution in [3.63, 3.8) is 0 Å². The number of alkyl halides is 6. The molecule has 0 aromatic carbocycles. The molecule has 0 spiro atoms. The van der Waals surface area contributed by atoms with Crippen LogP contribution < -0.4 is 0 Å². The van der Waals surface area contributed by atoms with Gasteiger partial charge in [0.05, 0.1) is 18.8 Å². The number of carboxylic acids is 2. The molecule has 1 aromatic heterocycles. The maximum Gasteiger partial charge on any atom is 0.490 e. The van der Waals surface area contributed by atoms with E-state index < -0.39 is 24.3 Å². The van der Waals surface area contributed by atoms with E-state index in [1.165, 1.54) is 0 Å². The molecule has 3 rings (SSSR count). The van der Waals surface area contributed by atoms with Gasteiger partial charge in [-0.15, -0.1) is 0 Å². The Hall–Kier alpha value is -3.43. The Kier molecular flexibility index (Phi) is 11.5. The number of carboxylic acid groups (broad SMARTS) is 2. The van der Waals surface area contributed by atoms with E-state index in [4.69, 9.17) is 19.8 Å². The van der Waals surface area contributed by atoms with E-state index in [1.807, 2.05) is 30.0 Å². The van der Waals surface area contributed by atoms with E-state index in [-0.39, 0.29) is 23.9 Å². The molecule has 2 atom stereocenters. The normalized spacial score (nSPS) is 19.4. The second-order valence-corrected chi connectivity index (χ2v) is 8.62. The predicted molar refractivity (Wildman–Crippen MR) is 119 cm³/mol. The van der Waals surface area contributed by atoms with E-state index in [9.17, 15) is 35.9 Å². The number of fused-ring (bicyclic) bond motifs is 1. The summed E-state index contributed by atoms with van der Waals surface area (Å²) in [4.78, 5) is 52.7.